The van der Waals surface area contributed by atoms with Crippen LogP contribution >= 0.6 is 11.3 Å². The molecule has 6 heteroatoms. The number of pyridine rings is 1. The molecular formula is C17H21N3O2S. The molecule has 0 spiro atoms. The highest BCUT2D eigenvalue weighted by molar-refractivity contribution is 7.07. The van der Waals surface area contributed by atoms with E-state index in [9.17, 15) is 4.79 Å². The molecule has 122 valence electrons. The van der Waals surface area contributed by atoms with Crippen LogP contribution in [0.2, 0.25) is 0 Å². The summed E-state index contributed by atoms with van der Waals surface area (Å²) in [5.41, 5.74) is 2.15. The number of piperidine rings is 1. The van der Waals surface area contributed by atoms with Gasteiger partial charge in [0.2, 0.25) is 0 Å². The Labute approximate surface area is 140 Å². The predicted octanol–water partition coefficient (Wildman–Crippen LogP) is 3.60. The monoisotopic (exact) mass is 331 g/mol. The van der Waals surface area contributed by atoms with Crippen LogP contribution in [0.1, 0.15) is 18.4 Å². The highest BCUT2D eigenvalue weighted by Gasteiger charge is 2.23. The molecule has 0 saturated carbocycles. The maximum atomic E-state index is 12.1. The highest BCUT2D eigenvalue weighted by Crippen LogP contribution is 2.19. The van der Waals surface area contributed by atoms with E-state index in [0.717, 1.165) is 43.7 Å². The van der Waals surface area contributed by atoms with E-state index < -0.39 is 0 Å². The number of ether oxygens (including phenoxy) is 1. The molecular weight excluding hydrogens is 310 g/mol. The lowest BCUT2D eigenvalue weighted by molar-refractivity contribution is 0.0833. The molecule has 23 heavy (non-hydrogen) atoms. The highest BCUT2D eigenvalue weighted by atomic mass is 32.1. The topological polar surface area (TPSA) is 54.5 Å². The number of likely N-dealkylation sites (tertiary alicyclic amines) is 1. The number of nitrogens with one attached hydrogen (secondary N) is 1. The van der Waals surface area contributed by atoms with Gasteiger partial charge in [0, 0.05) is 43.3 Å². The van der Waals surface area contributed by atoms with E-state index in [-0.39, 0.29) is 6.09 Å². The summed E-state index contributed by atoms with van der Waals surface area (Å²) in [6.45, 7) is 2.84. The minimum absolute atomic E-state index is 0.197. The minimum Gasteiger partial charge on any atom is -0.445 e. The maximum Gasteiger partial charge on any atom is 0.410 e. The van der Waals surface area contributed by atoms with Crippen molar-refractivity contribution in [2.24, 2.45) is 5.92 Å². The van der Waals surface area contributed by atoms with Crippen LogP contribution in [0.15, 0.2) is 41.4 Å². The lowest BCUT2D eigenvalue weighted by Crippen LogP contribution is -2.40. The maximum absolute atomic E-state index is 12.1. The van der Waals surface area contributed by atoms with Crippen molar-refractivity contribution < 1.29 is 9.53 Å². The van der Waals surface area contributed by atoms with Gasteiger partial charge in [-0.25, -0.2) is 4.79 Å². The standard InChI is InChI=1S/C17H21N3O2S/c21-17(22-12-15-5-10-23-13-15)20-8-3-14(4-9-20)11-19-16-1-6-18-7-2-16/h1-2,5-7,10,13-14H,3-4,8-9,11-12H2,(H,18,19). The summed E-state index contributed by atoms with van der Waals surface area (Å²) >= 11 is 1.61. The predicted molar refractivity (Wildman–Crippen MR) is 91.5 cm³/mol. The zero-order valence-corrected chi connectivity index (χ0v) is 13.8. The Hall–Kier alpha value is -2.08. The lowest BCUT2D eigenvalue weighted by atomic mass is 9.97. The second-order valence-corrected chi connectivity index (χ2v) is 6.51. The number of anilines is 1. The molecule has 1 N–H and O–H groups in total. The number of hydrogen-bond donors (Lipinski definition) is 1. The Morgan fingerprint density at radius 3 is 2.78 bits per heavy atom. The van der Waals surface area contributed by atoms with Crippen molar-refractivity contribution in [2.75, 3.05) is 25.0 Å². The van der Waals surface area contributed by atoms with Crippen molar-refractivity contribution in [1.82, 2.24) is 9.88 Å². The number of rotatable bonds is 5. The molecule has 0 radical (unpaired) electrons. The number of aromatic nitrogens is 1. The quantitative estimate of drug-likeness (QED) is 0.909. The van der Waals surface area contributed by atoms with Gasteiger partial charge in [0.05, 0.1) is 0 Å². The van der Waals surface area contributed by atoms with Crippen molar-refractivity contribution >= 4 is 23.1 Å². The Kier molecular flexibility index (Phi) is 5.47. The van der Waals surface area contributed by atoms with Crippen LogP contribution in [0.4, 0.5) is 10.5 Å². The van der Waals surface area contributed by atoms with Crippen LogP contribution in [0, 0.1) is 5.92 Å². The van der Waals surface area contributed by atoms with E-state index in [4.69, 9.17) is 4.74 Å². The molecule has 3 heterocycles. The third kappa shape index (κ3) is 4.69. The summed E-state index contributed by atoms with van der Waals surface area (Å²) in [6.07, 6.45) is 5.39. The van der Waals surface area contributed by atoms with Gasteiger partial charge in [-0.15, -0.1) is 0 Å². The number of amides is 1. The summed E-state index contributed by atoms with van der Waals surface area (Å²) in [5, 5.41) is 7.42. The van der Waals surface area contributed by atoms with Gasteiger partial charge in [0.25, 0.3) is 0 Å². The molecule has 1 aliphatic heterocycles. The molecule has 0 atom stereocenters. The van der Waals surface area contributed by atoms with E-state index in [1.165, 1.54) is 0 Å². The second kappa shape index (κ2) is 7.97. The molecule has 1 saturated heterocycles. The van der Waals surface area contributed by atoms with E-state index in [0.29, 0.717) is 12.5 Å². The molecule has 5 nitrogen and oxygen atoms in total. The Morgan fingerprint density at radius 2 is 2.09 bits per heavy atom. The Balaban J connectivity index is 1.37. The van der Waals surface area contributed by atoms with Crippen LogP contribution in [-0.2, 0) is 11.3 Å². The summed E-state index contributed by atoms with van der Waals surface area (Å²) < 4.78 is 5.36. The zero-order valence-electron chi connectivity index (χ0n) is 13.0. The SMILES string of the molecule is O=C(OCc1ccsc1)N1CCC(CNc2ccncc2)CC1. The molecule has 3 rings (SSSR count). The van der Waals surface area contributed by atoms with E-state index in [2.05, 4.69) is 10.3 Å². The first-order chi connectivity index (χ1) is 11.3. The molecule has 1 amide bonds. The third-order valence-electron chi connectivity index (χ3n) is 4.09. The number of carbonyl (C=O) groups is 1. The van der Waals surface area contributed by atoms with Gasteiger partial charge >= 0.3 is 6.09 Å². The number of thiophene rings is 1. The number of carbonyl (C=O) groups excluding carboxylic acids is 1. The fraction of sp³-hybridized carbons (Fsp3) is 0.412. The van der Waals surface area contributed by atoms with Crippen LogP contribution in [0.5, 0.6) is 0 Å². The Bertz CT molecular complexity index is 596. The summed E-state index contributed by atoms with van der Waals surface area (Å²) in [5.74, 6) is 0.587. The average molecular weight is 331 g/mol. The van der Waals surface area contributed by atoms with Crippen LogP contribution in [0.25, 0.3) is 0 Å². The second-order valence-electron chi connectivity index (χ2n) is 5.73. The van der Waals surface area contributed by atoms with Gasteiger partial charge < -0.3 is 15.0 Å². The van der Waals surface area contributed by atoms with Crippen molar-refractivity contribution in [3.63, 3.8) is 0 Å². The first-order valence-electron chi connectivity index (χ1n) is 7.88. The summed E-state index contributed by atoms with van der Waals surface area (Å²) in [4.78, 5) is 17.9. The molecule has 1 fully saturated rings. The van der Waals surface area contributed by atoms with Crippen LogP contribution < -0.4 is 5.32 Å². The van der Waals surface area contributed by atoms with Gasteiger partial charge in [0.1, 0.15) is 6.61 Å². The molecule has 0 aromatic carbocycles. The van der Waals surface area contributed by atoms with Gasteiger partial charge in [-0.2, -0.15) is 11.3 Å². The first-order valence-corrected chi connectivity index (χ1v) is 8.82. The third-order valence-corrected chi connectivity index (χ3v) is 4.82. The number of hydrogen-bond acceptors (Lipinski definition) is 5. The lowest BCUT2D eigenvalue weighted by Gasteiger charge is -2.31. The molecule has 0 unspecified atom stereocenters. The summed E-state index contributed by atoms with van der Waals surface area (Å²) in [6, 6.07) is 5.92. The van der Waals surface area contributed by atoms with E-state index in [1.807, 2.05) is 33.9 Å². The smallest absolute Gasteiger partial charge is 0.410 e. The van der Waals surface area contributed by atoms with Gasteiger partial charge in [0.15, 0.2) is 0 Å². The van der Waals surface area contributed by atoms with Crippen LogP contribution in [-0.4, -0.2) is 35.6 Å². The average Bonchev–Trinajstić information content (AvgIpc) is 3.13. The van der Waals surface area contributed by atoms with Crippen molar-refractivity contribution in [1.29, 1.82) is 0 Å². The van der Waals surface area contributed by atoms with E-state index >= 15 is 0 Å². The summed E-state index contributed by atoms with van der Waals surface area (Å²) in [7, 11) is 0. The van der Waals surface area contributed by atoms with Crippen molar-refractivity contribution in [3.05, 3.63) is 46.9 Å². The largest absolute Gasteiger partial charge is 0.445 e. The molecule has 0 aliphatic carbocycles. The van der Waals surface area contributed by atoms with Crippen molar-refractivity contribution in [3.8, 4) is 0 Å². The van der Waals surface area contributed by atoms with E-state index in [1.54, 1.807) is 23.7 Å². The van der Waals surface area contributed by atoms with Crippen LogP contribution in [0.3, 0.4) is 0 Å². The molecule has 1 aliphatic rings. The van der Waals surface area contributed by atoms with Crippen molar-refractivity contribution in [2.45, 2.75) is 19.4 Å². The molecule has 2 aromatic heterocycles. The fourth-order valence-electron chi connectivity index (χ4n) is 2.66. The normalized spacial score (nSPS) is 15.4. The first kappa shape index (κ1) is 15.8. The number of nitrogens with zero attached hydrogens (tertiary/aromatic N) is 2. The molecule has 2 aromatic rings. The molecule has 0 bridgehead atoms. The van der Waals surface area contributed by atoms with Gasteiger partial charge in [-0.3, -0.25) is 4.98 Å². The Morgan fingerprint density at radius 1 is 1.30 bits per heavy atom. The van der Waals surface area contributed by atoms with Gasteiger partial charge in [-0.05, 0) is 47.7 Å². The zero-order chi connectivity index (χ0) is 15.9. The van der Waals surface area contributed by atoms with Gasteiger partial charge in [-0.1, -0.05) is 0 Å². The fourth-order valence-corrected chi connectivity index (χ4v) is 3.32. The minimum atomic E-state index is -0.197.